The number of aliphatic hydroxyl groups is 1. The van der Waals surface area contributed by atoms with Gasteiger partial charge in [0, 0.05) is 37.1 Å². The van der Waals surface area contributed by atoms with Crippen LogP contribution in [-0.2, 0) is 19.1 Å². The van der Waals surface area contributed by atoms with Gasteiger partial charge in [0.1, 0.15) is 6.10 Å². The first kappa shape index (κ1) is 36.4. The van der Waals surface area contributed by atoms with Gasteiger partial charge in [-0.15, -0.1) is 0 Å². The Bertz CT molecular complexity index is 831. The molecular formula is C31H50N2O5S. The normalized spacial score (nSPS) is 13.3. The lowest BCUT2D eigenvalue weighted by molar-refractivity contribution is -0.153. The lowest BCUT2D eigenvalue weighted by Crippen LogP contribution is -2.47. The molecule has 0 heterocycles. The minimum Gasteiger partial charge on any atom is -0.465 e. The van der Waals surface area contributed by atoms with Crippen LogP contribution in [0.5, 0.6) is 0 Å². The number of aliphatic hydroxyl groups excluding tert-OH is 1. The molecule has 0 aliphatic carbocycles. The molecule has 0 aliphatic heterocycles. The number of nitrogens with one attached hydrogen (secondary N) is 2. The average Bonchev–Trinajstić information content (AvgIpc) is 2.91. The number of amides is 2. The molecule has 220 valence electrons. The molecular weight excluding hydrogens is 512 g/mol. The summed E-state index contributed by atoms with van der Waals surface area (Å²) in [7, 11) is 0. The molecule has 0 aromatic carbocycles. The number of rotatable bonds is 22. The summed E-state index contributed by atoms with van der Waals surface area (Å²) in [5, 5.41) is 15.6. The van der Waals surface area contributed by atoms with E-state index in [1.807, 2.05) is 0 Å². The maximum absolute atomic E-state index is 12.2. The van der Waals surface area contributed by atoms with Crippen LogP contribution < -0.4 is 10.6 Å². The minimum absolute atomic E-state index is 0.0788. The van der Waals surface area contributed by atoms with Crippen molar-refractivity contribution in [2.75, 3.05) is 25.4 Å². The molecule has 7 nitrogen and oxygen atoms in total. The first-order valence-electron chi connectivity index (χ1n) is 14.0. The molecule has 1 atom stereocenters. The summed E-state index contributed by atoms with van der Waals surface area (Å²) in [6.07, 6.45) is 26.8. The number of carbonyl (C=O) groups excluding carboxylic acids is 3. The fourth-order valence-electron chi connectivity index (χ4n) is 3.18. The Morgan fingerprint density at radius 2 is 1.36 bits per heavy atom. The SMILES string of the molecule is CC/C=C\C/C=C\C/C=C\C/C=C\C/C=C\CCCC(=O)OCC(C)(C)[C@@H](O)C(=O)NCCC(=O)NCCS. The summed E-state index contributed by atoms with van der Waals surface area (Å²) in [6, 6.07) is 0. The minimum atomic E-state index is -1.37. The maximum atomic E-state index is 12.2. The third-order valence-electron chi connectivity index (χ3n) is 5.59. The first-order valence-corrected chi connectivity index (χ1v) is 14.6. The van der Waals surface area contributed by atoms with Gasteiger partial charge in [-0.1, -0.05) is 81.5 Å². The molecule has 0 fully saturated rings. The van der Waals surface area contributed by atoms with Crippen LogP contribution in [0.3, 0.4) is 0 Å². The largest absolute Gasteiger partial charge is 0.465 e. The number of hydrogen-bond acceptors (Lipinski definition) is 6. The van der Waals surface area contributed by atoms with Crippen molar-refractivity contribution < 1.29 is 24.2 Å². The van der Waals surface area contributed by atoms with Crippen LogP contribution in [0.2, 0.25) is 0 Å². The highest BCUT2D eigenvalue weighted by molar-refractivity contribution is 7.80. The molecule has 2 amide bonds. The van der Waals surface area contributed by atoms with Gasteiger partial charge in [0.25, 0.3) is 0 Å². The van der Waals surface area contributed by atoms with E-state index in [1.165, 1.54) is 0 Å². The zero-order valence-electron chi connectivity index (χ0n) is 24.1. The summed E-state index contributed by atoms with van der Waals surface area (Å²) in [5.74, 6) is -0.621. The van der Waals surface area contributed by atoms with Crippen molar-refractivity contribution in [3.05, 3.63) is 60.8 Å². The number of allylic oxidation sites excluding steroid dienone is 10. The van der Waals surface area contributed by atoms with Gasteiger partial charge in [0.2, 0.25) is 11.8 Å². The Labute approximate surface area is 241 Å². The van der Waals surface area contributed by atoms with Crippen LogP contribution >= 0.6 is 12.6 Å². The zero-order chi connectivity index (χ0) is 29.2. The predicted molar refractivity (Wildman–Crippen MR) is 164 cm³/mol. The van der Waals surface area contributed by atoms with E-state index in [0.29, 0.717) is 18.7 Å². The van der Waals surface area contributed by atoms with Gasteiger partial charge in [-0.25, -0.2) is 0 Å². The standard InChI is InChI=1S/C31H50N2O5S/c1-4-5-6-7-8-9-10-11-12-13-14-15-16-17-18-19-20-21-28(35)38-26-31(2,3)29(36)30(37)33-23-22-27(34)32-24-25-39/h5-6,8-9,11-12,14-15,17-18,29,36,39H,4,7,10,13,16,19-26H2,1-3H3,(H,32,34)(H,33,37)/b6-5-,9-8-,12-11-,15-14-,18-17-/t29-/m0/s1. The second-order valence-corrected chi connectivity index (χ2v) is 10.2. The van der Waals surface area contributed by atoms with Gasteiger partial charge in [0.15, 0.2) is 0 Å². The molecule has 0 rings (SSSR count). The maximum Gasteiger partial charge on any atom is 0.305 e. The third-order valence-corrected chi connectivity index (χ3v) is 5.81. The quantitative estimate of drug-likeness (QED) is 0.0613. The van der Waals surface area contributed by atoms with Crippen LogP contribution in [0.15, 0.2) is 60.8 Å². The van der Waals surface area contributed by atoms with Crippen molar-refractivity contribution in [2.24, 2.45) is 5.41 Å². The molecule has 0 aromatic heterocycles. The van der Waals surface area contributed by atoms with Gasteiger partial charge < -0.3 is 20.5 Å². The summed E-state index contributed by atoms with van der Waals surface area (Å²) in [6.45, 7) is 5.93. The van der Waals surface area contributed by atoms with E-state index in [2.05, 4.69) is 90.9 Å². The number of unbranched alkanes of at least 4 members (excludes halogenated alkanes) is 1. The Hall–Kier alpha value is -2.58. The molecule has 0 aliphatic rings. The molecule has 8 heteroatoms. The van der Waals surface area contributed by atoms with E-state index in [0.717, 1.165) is 38.5 Å². The number of carbonyl (C=O) groups is 3. The lowest BCUT2D eigenvalue weighted by Gasteiger charge is -2.29. The zero-order valence-corrected chi connectivity index (χ0v) is 25.0. The molecule has 0 spiro atoms. The van der Waals surface area contributed by atoms with Crippen molar-refractivity contribution in [3.63, 3.8) is 0 Å². The van der Waals surface area contributed by atoms with Gasteiger partial charge >= 0.3 is 5.97 Å². The molecule has 3 N–H and O–H groups in total. The average molecular weight is 563 g/mol. The second kappa shape index (κ2) is 24.5. The summed E-state index contributed by atoms with van der Waals surface area (Å²) in [5.41, 5.74) is -0.960. The Kier molecular flexibility index (Phi) is 22.8. The summed E-state index contributed by atoms with van der Waals surface area (Å²) >= 11 is 4.01. The number of esters is 1. The number of ether oxygens (including phenoxy) is 1. The molecule has 0 bridgehead atoms. The molecule has 0 aromatic rings. The van der Waals surface area contributed by atoms with Crippen LogP contribution in [0.1, 0.15) is 78.6 Å². The highest BCUT2D eigenvalue weighted by Crippen LogP contribution is 2.22. The molecule has 39 heavy (non-hydrogen) atoms. The van der Waals surface area contributed by atoms with Gasteiger partial charge in [0.05, 0.1) is 6.61 Å². The van der Waals surface area contributed by atoms with Crippen LogP contribution in [-0.4, -0.2) is 54.4 Å². The van der Waals surface area contributed by atoms with E-state index in [9.17, 15) is 19.5 Å². The van der Waals surface area contributed by atoms with E-state index < -0.39 is 17.4 Å². The second-order valence-electron chi connectivity index (χ2n) is 9.77. The lowest BCUT2D eigenvalue weighted by atomic mass is 9.87. The van der Waals surface area contributed by atoms with E-state index in [-0.39, 0.29) is 37.9 Å². The van der Waals surface area contributed by atoms with Crippen molar-refractivity contribution in [2.45, 2.75) is 84.7 Å². The Morgan fingerprint density at radius 1 is 0.821 bits per heavy atom. The molecule has 0 radical (unpaired) electrons. The molecule has 0 saturated carbocycles. The van der Waals surface area contributed by atoms with Crippen molar-refractivity contribution >= 4 is 30.4 Å². The topological polar surface area (TPSA) is 105 Å². The fourth-order valence-corrected chi connectivity index (χ4v) is 3.30. The Morgan fingerprint density at radius 3 is 1.90 bits per heavy atom. The highest BCUT2D eigenvalue weighted by Gasteiger charge is 2.34. The highest BCUT2D eigenvalue weighted by atomic mass is 32.1. The monoisotopic (exact) mass is 562 g/mol. The summed E-state index contributed by atoms with van der Waals surface area (Å²) < 4.78 is 5.29. The number of thiol groups is 1. The van der Waals surface area contributed by atoms with Crippen molar-refractivity contribution in [1.29, 1.82) is 0 Å². The summed E-state index contributed by atoms with van der Waals surface area (Å²) in [4.78, 5) is 35.8. The molecule has 0 saturated heterocycles. The predicted octanol–water partition coefficient (Wildman–Crippen LogP) is 5.39. The van der Waals surface area contributed by atoms with Crippen LogP contribution in [0.4, 0.5) is 0 Å². The van der Waals surface area contributed by atoms with Crippen LogP contribution in [0, 0.1) is 5.41 Å². The van der Waals surface area contributed by atoms with Crippen molar-refractivity contribution in [1.82, 2.24) is 10.6 Å². The Balaban J connectivity index is 3.97. The van der Waals surface area contributed by atoms with E-state index in [4.69, 9.17) is 4.74 Å². The van der Waals surface area contributed by atoms with Gasteiger partial charge in [-0.2, -0.15) is 12.6 Å². The fraction of sp³-hybridized carbons (Fsp3) is 0.581. The van der Waals surface area contributed by atoms with E-state index in [1.54, 1.807) is 13.8 Å². The number of hydrogen-bond donors (Lipinski definition) is 4. The van der Waals surface area contributed by atoms with Gasteiger partial charge in [-0.3, -0.25) is 14.4 Å². The third kappa shape index (κ3) is 22.0. The van der Waals surface area contributed by atoms with Crippen molar-refractivity contribution in [3.8, 4) is 0 Å². The first-order chi connectivity index (χ1) is 18.7. The molecule has 0 unspecified atom stereocenters. The van der Waals surface area contributed by atoms with Gasteiger partial charge in [-0.05, 0) is 44.9 Å². The van der Waals surface area contributed by atoms with Crippen LogP contribution in [0.25, 0.3) is 0 Å². The van der Waals surface area contributed by atoms with E-state index >= 15 is 0 Å². The smallest absolute Gasteiger partial charge is 0.305 e.